The molecule has 0 atom stereocenters. The molecule has 46 heavy (non-hydrogen) atoms. The molecule has 6 rings (SSSR count). The average molecular weight is 639 g/mol. The van der Waals surface area contributed by atoms with Crippen LogP contribution in [0.1, 0.15) is 22.3 Å². The summed E-state index contributed by atoms with van der Waals surface area (Å²) in [5.74, 6) is -1.10. The second-order valence-corrected chi connectivity index (χ2v) is 12.4. The van der Waals surface area contributed by atoms with Crippen LogP contribution in [0.5, 0.6) is 0 Å². The number of aryl methyl sites for hydroxylation is 1. The summed E-state index contributed by atoms with van der Waals surface area (Å²) in [5.41, 5.74) is 3.33. The third-order valence-corrected chi connectivity index (χ3v) is 9.11. The predicted octanol–water partition coefficient (Wildman–Crippen LogP) is 5.39. The highest BCUT2D eigenvalue weighted by Gasteiger charge is 2.25. The van der Waals surface area contributed by atoms with Gasteiger partial charge in [0.15, 0.2) is 5.65 Å². The Kier molecular flexibility index (Phi) is 8.16. The van der Waals surface area contributed by atoms with Crippen LogP contribution < -0.4 is 10.6 Å². The molecular formula is C33H27FN6O5S. The van der Waals surface area contributed by atoms with Crippen LogP contribution in [0, 0.1) is 12.7 Å². The molecule has 4 heterocycles. The van der Waals surface area contributed by atoms with Crippen LogP contribution in [-0.4, -0.2) is 57.5 Å². The van der Waals surface area contributed by atoms with E-state index in [2.05, 4.69) is 25.6 Å². The Morgan fingerprint density at radius 3 is 2.41 bits per heavy atom. The second kappa shape index (κ2) is 12.4. The number of carbonyl (C=O) groups is 2. The smallest absolute Gasteiger partial charge is 0.404 e. The fourth-order valence-electron chi connectivity index (χ4n) is 5.17. The number of fused-ring (bicyclic) bond motifs is 2. The van der Waals surface area contributed by atoms with Gasteiger partial charge >= 0.3 is 6.09 Å². The van der Waals surface area contributed by atoms with E-state index in [1.165, 1.54) is 42.9 Å². The van der Waals surface area contributed by atoms with Gasteiger partial charge in [-0.15, -0.1) is 0 Å². The highest BCUT2D eigenvalue weighted by molar-refractivity contribution is 7.90. The zero-order valence-electron chi connectivity index (χ0n) is 24.4. The van der Waals surface area contributed by atoms with Crippen molar-refractivity contribution in [2.75, 3.05) is 13.1 Å². The molecule has 0 aliphatic rings. The molecule has 4 aromatic heterocycles. The fourth-order valence-corrected chi connectivity index (χ4v) is 6.49. The topological polar surface area (TPSA) is 156 Å². The quantitative estimate of drug-likeness (QED) is 0.178. The molecule has 0 bridgehead atoms. The van der Waals surface area contributed by atoms with Gasteiger partial charge in [-0.2, -0.15) is 0 Å². The molecule has 6 aromatic rings. The Balaban J connectivity index is 1.50. The summed E-state index contributed by atoms with van der Waals surface area (Å²) in [4.78, 5) is 36.6. The molecule has 13 heteroatoms. The van der Waals surface area contributed by atoms with Crippen molar-refractivity contribution in [1.82, 2.24) is 29.6 Å². The molecule has 232 valence electrons. The largest absolute Gasteiger partial charge is 0.465 e. The highest BCUT2D eigenvalue weighted by Crippen LogP contribution is 2.37. The van der Waals surface area contributed by atoms with Crippen LogP contribution >= 0.6 is 0 Å². The van der Waals surface area contributed by atoms with Crippen molar-refractivity contribution in [1.29, 1.82) is 0 Å². The zero-order chi connectivity index (χ0) is 32.4. The first-order valence-electron chi connectivity index (χ1n) is 14.2. The van der Waals surface area contributed by atoms with Crippen LogP contribution in [0.15, 0.2) is 96.5 Å². The normalized spacial score (nSPS) is 11.5. The molecule has 3 N–H and O–H groups in total. The van der Waals surface area contributed by atoms with Gasteiger partial charge in [-0.1, -0.05) is 23.8 Å². The highest BCUT2D eigenvalue weighted by atomic mass is 32.2. The monoisotopic (exact) mass is 638 g/mol. The van der Waals surface area contributed by atoms with E-state index in [0.717, 1.165) is 15.1 Å². The summed E-state index contributed by atoms with van der Waals surface area (Å²) in [6, 6.07) is 16.3. The van der Waals surface area contributed by atoms with Crippen LogP contribution in [-0.2, 0) is 10.0 Å². The van der Waals surface area contributed by atoms with Crippen molar-refractivity contribution in [3.63, 3.8) is 0 Å². The number of hydrogen-bond donors (Lipinski definition) is 3. The van der Waals surface area contributed by atoms with Crippen LogP contribution in [0.25, 0.3) is 44.2 Å². The van der Waals surface area contributed by atoms with Gasteiger partial charge in [0.25, 0.3) is 15.9 Å². The Morgan fingerprint density at radius 1 is 0.891 bits per heavy atom. The summed E-state index contributed by atoms with van der Waals surface area (Å²) in [6.45, 7) is 2.19. The molecule has 0 spiro atoms. The number of aromatic nitrogens is 4. The van der Waals surface area contributed by atoms with E-state index in [1.54, 1.807) is 42.7 Å². The van der Waals surface area contributed by atoms with E-state index in [4.69, 9.17) is 5.11 Å². The number of carbonyl (C=O) groups excluding carboxylic acids is 1. The molecule has 0 aliphatic carbocycles. The molecule has 0 unspecified atom stereocenters. The van der Waals surface area contributed by atoms with E-state index in [9.17, 15) is 18.0 Å². The first kappa shape index (κ1) is 30.3. The molecule has 0 fully saturated rings. The minimum atomic E-state index is -4.15. The van der Waals surface area contributed by atoms with Gasteiger partial charge in [0.05, 0.1) is 10.5 Å². The van der Waals surface area contributed by atoms with E-state index in [0.29, 0.717) is 33.9 Å². The number of rotatable bonds is 9. The number of carboxylic acid groups (broad SMARTS) is 1. The van der Waals surface area contributed by atoms with E-state index < -0.39 is 27.8 Å². The number of pyridine rings is 3. The first-order chi connectivity index (χ1) is 22.1. The van der Waals surface area contributed by atoms with Crippen molar-refractivity contribution in [2.24, 2.45) is 0 Å². The molecule has 2 aromatic carbocycles. The summed E-state index contributed by atoms with van der Waals surface area (Å²) in [5, 5.41) is 14.5. The summed E-state index contributed by atoms with van der Waals surface area (Å²) >= 11 is 0. The van der Waals surface area contributed by atoms with Gasteiger partial charge in [-0.3, -0.25) is 14.8 Å². The molecule has 2 amide bonds. The Hall–Kier alpha value is -5.69. The lowest BCUT2D eigenvalue weighted by Crippen LogP contribution is -2.29. The average Bonchev–Trinajstić information content (AvgIpc) is 3.45. The standard InChI is InChI=1S/C33H27FN6O5S/c1-20-5-7-24(8-6-20)46(44,45)40-19-28(27-15-23(18-39-31(27)40)32(41)37-11-3-12-38-33(42)43)22-14-26-25(21-4-2-10-35-17-21)9-13-36-30(26)29(34)16-22/h2,4-10,13-19,38H,3,11-12H2,1H3,(H,37,41)(H,42,43). The Labute approximate surface area is 262 Å². The number of nitrogens with one attached hydrogen (secondary N) is 2. The minimum Gasteiger partial charge on any atom is -0.465 e. The number of amides is 2. The number of halogens is 1. The van der Waals surface area contributed by atoms with E-state index in [1.807, 2.05) is 13.0 Å². The van der Waals surface area contributed by atoms with Crippen molar-refractivity contribution < 1.29 is 27.5 Å². The minimum absolute atomic E-state index is 0.0351. The third kappa shape index (κ3) is 5.87. The fraction of sp³-hybridized carbons (Fsp3) is 0.121. The van der Waals surface area contributed by atoms with Gasteiger partial charge in [0.2, 0.25) is 0 Å². The van der Waals surface area contributed by atoms with Gasteiger partial charge in [0.1, 0.15) is 11.3 Å². The predicted molar refractivity (Wildman–Crippen MR) is 170 cm³/mol. The van der Waals surface area contributed by atoms with Crippen LogP contribution in [0.4, 0.5) is 9.18 Å². The van der Waals surface area contributed by atoms with E-state index in [-0.39, 0.29) is 34.7 Å². The number of nitrogens with zero attached hydrogens (tertiary/aromatic N) is 4. The van der Waals surface area contributed by atoms with Crippen molar-refractivity contribution in [3.05, 3.63) is 109 Å². The summed E-state index contributed by atoms with van der Waals surface area (Å²) in [7, 11) is -4.15. The maximum absolute atomic E-state index is 15.7. The van der Waals surface area contributed by atoms with Crippen molar-refractivity contribution in [3.8, 4) is 22.3 Å². The number of benzene rings is 2. The molecule has 0 aliphatic heterocycles. The lowest BCUT2D eigenvalue weighted by Gasteiger charge is -2.10. The molecule has 0 saturated carbocycles. The van der Waals surface area contributed by atoms with Crippen LogP contribution in [0.3, 0.4) is 0 Å². The zero-order valence-corrected chi connectivity index (χ0v) is 25.3. The molecule has 11 nitrogen and oxygen atoms in total. The van der Waals surface area contributed by atoms with Gasteiger partial charge in [-0.25, -0.2) is 26.6 Å². The maximum atomic E-state index is 15.7. The Morgan fingerprint density at radius 2 is 1.67 bits per heavy atom. The molecule has 0 radical (unpaired) electrons. The SMILES string of the molecule is Cc1ccc(S(=O)(=O)n2cc(-c3cc(F)c4nccc(-c5cccnc5)c4c3)c3cc(C(=O)NCCCNC(=O)O)cnc32)cc1. The first-order valence-corrected chi connectivity index (χ1v) is 15.6. The third-order valence-electron chi connectivity index (χ3n) is 7.45. The van der Waals surface area contributed by atoms with Gasteiger partial charge in [-0.05, 0) is 66.9 Å². The van der Waals surface area contributed by atoms with Crippen LogP contribution in [0.2, 0.25) is 0 Å². The lowest BCUT2D eigenvalue weighted by molar-refractivity contribution is 0.0953. The molecule has 0 saturated heterocycles. The Bertz CT molecular complexity index is 2220. The van der Waals surface area contributed by atoms with E-state index >= 15 is 4.39 Å². The van der Waals surface area contributed by atoms with Gasteiger partial charge in [0, 0.05) is 66.0 Å². The summed E-state index contributed by atoms with van der Waals surface area (Å²) in [6.07, 6.45) is 6.65. The van der Waals surface area contributed by atoms with Crippen molar-refractivity contribution >= 4 is 44.0 Å². The van der Waals surface area contributed by atoms with Gasteiger partial charge < -0.3 is 15.7 Å². The molecular weight excluding hydrogens is 611 g/mol. The second-order valence-electron chi connectivity index (χ2n) is 10.5. The maximum Gasteiger partial charge on any atom is 0.404 e. The number of hydrogen-bond acceptors (Lipinski definition) is 7. The summed E-state index contributed by atoms with van der Waals surface area (Å²) < 4.78 is 44.5. The lowest BCUT2D eigenvalue weighted by atomic mass is 9.97. The van der Waals surface area contributed by atoms with Crippen molar-refractivity contribution in [2.45, 2.75) is 18.2 Å².